The third-order valence-electron chi connectivity index (χ3n) is 3.66. The minimum atomic E-state index is -0.291. The van der Waals surface area contributed by atoms with E-state index in [9.17, 15) is 5.11 Å². The van der Waals surface area contributed by atoms with Gasteiger partial charge in [-0.25, -0.2) is 9.97 Å². The molecule has 1 unspecified atom stereocenters. The SMILES string of the molecule is N#Cc1ccc(-c2cnc(N3CCCC(O)C3)nc2)cc1. The quantitative estimate of drug-likeness (QED) is 0.910. The van der Waals surface area contributed by atoms with Crippen LogP contribution in [0.4, 0.5) is 5.95 Å². The maximum Gasteiger partial charge on any atom is 0.225 e. The van der Waals surface area contributed by atoms with Crippen molar-refractivity contribution < 1.29 is 5.11 Å². The van der Waals surface area contributed by atoms with Gasteiger partial charge in [-0.1, -0.05) is 12.1 Å². The van der Waals surface area contributed by atoms with E-state index in [0.29, 0.717) is 18.1 Å². The Kier molecular flexibility index (Phi) is 3.80. The van der Waals surface area contributed by atoms with E-state index >= 15 is 0 Å². The minimum Gasteiger partial charge on any atom is -0.391 e. The molecule has 2 heterocycles. The standard InChI is InChI=1S/C16H16N4O/c17-8-12-3-5-13(6-4-12)14-9-18-16(19-10-14)20-7-1-2-15(21)11-20/h3-6,9-10,15,21H,1-2,7,11H2. The lowest BCUT2D eigenvalue weighted by Crippen LogP contribution is -2.39. The Morgan fingerprint density at radius 3 is 2.48 bits per heavy atom. The second-order valence-corrected chi connectivity index (χ2v) is 5.20. The van der Waals surface area contributed by atoms with E-state index in [2.05, 4.69) is 16.0 Å². The number of hydrogen-bond donors (Lipinski definition) is 1. The third kappa shape index (κ3) is 3.01. The van der Waals surface area contributed by atoms with Crippen LogP contribution in [0.25, 0.3) is 11.1 Å². The number of piperidine rings is 1. The van der Waals surface area contributed by atoms with Crippen molar-refractivity contribution >= 4 is 5.95 Å². The van der Waals surface area contributed by atoms with Crippen molar-refractivity contribution in [3.05, 3.63) is 42.2 Å². The number of benzene rings is 1. The molecule has 21 heavy (non-hydrogen) atoms. The molecule has 1 aromatic heterocycles. The van der Waals surface area contributed by atoms with Crippen LogP contribution in [0.15, 0.2) is 36.7 Å². The molecule has 2 aromatic rings. The van der Waals surface area contributed by atoms with Crippen LogP contribution in [0.2, 0.25) is 0 Å². The highest BCUT2D eigenvalue weighted by molar-refractivity contribution is 5.63. The summed E-state index contributed by atoms with van der Waals surface area (Å²) in [6, 6.07) is 9.45. The van der Waals surface area contributed by atoms with E-state index in [-0.39, 0.29) is 6.10 Å². The van der Waals surface area contributed by atoms with Crippen LogP contribution in [0.3, 0.4) is 0 Å². The third-order valence-corrected chi connectivity index (χ3v) is 3.66. The van der Waals surface area contributed by atoms with Gasteiger partial charge in [0.25, 0.3) is 0 Å². The summed E-state index contributed by atoms with van der Waals surface area (Å²) in [4.78, 5) is 10.8. The largest absolute Gasteiger partial charge is 0.391 e. The zero-order valence-corrected chi connectivity index (χ0v) is 11.6. The molecular weight excluding hydrogens is 264 g/mol. The number of aliphatic hydroxyl groups is 1. The lowest BCUT2D eigenvalue weighted by molar-refractivity contribution is 0.153. The average Bonchev–Trinajstić information content (AvgIpc) is 2.55. The van der Waals surface area contributed by atoms with Crippen LogP contribution >= 0.6 is 0 Å². The normalized spacial score (nSPS) is 18.3. The molecule has 0 saturated carbocycles. The monoisotopic (exact) mass is 280 g/mol. The maximum absolute atomic E-state index is 9.70. The summed E-state index contributed by atoms with van der Waals surface area (Å²) in [6.07, 6.45) is 5.08. The van der Waals surface area contributed by atoms with Crippen molar-refractivity contribution in [1.82, 2.24) is 9.97 Å². The summed E-state index contributed by atoms with van der Waals surface area (Å²) in [5, 5.41) is 18.5. The summed E-state index contributed by atoms with van der Waals surface area (Å²) < 4.78 is 0. The Balaban J connectivity index is 1.78. The predicted octanol–water partition coefficient (Wildman–Crippen LogP) is 1.98. The van der Waals surface area contributed by atoms with Crippen molar-refractivity contribution in [2.45, 2.75) is 18.9 Å². The molecule has 0 spiro atoms. The number of aromatic nitrogens is 2. The van der Waals surface area contributed by atoms with Gasteiger partial charge in [-0.05, 0) is 30.5 Å². The zero-order chi connectivity index (χ0) is 14.7. The van der Waals surface area contributed by atoms with E-state index in [4.69, 9.17) is 5.26 Å². The van der Waals surface area contributed by atoms with Crippen molar-refractivity contribution in [2.75, 3.05) is 18.0 Å². The van der Waals surface area contributed by atoms with Crippen LogP contribution in [0.5, 0.6) is 0 Å². The Morgan fingerprint density at radius 2 is 1.86 bits per heavy atom. The fourth-order valence-corrected chi connectivity index (χ4v) is 2.51. The fourth-order valence-electron chi connectivity index (χ4n) is 2.51. The smallest absolute Gasteiger partial charge is 0.225 e. The van der Waals surface area contributed by atoms with Crippen molar-refractivity contribution in [1.29, 1.82) is 5.26 Å². The van der Waals surface area contributed by atoms with Gasteiger partial charge in [0.15, 0.2) is 0 Å². The summed E-state index contributed by atoms with van der Waals surface area (Å²) >= 11 is 0. The summed E-state index contributed by atoms with van der Waals surface area (Å²) in [5.41, 5.74) is 2.54. The highest BCUT2D eigenvalue weighted by Crippen LogP contribution is 2.21. The number of rotatable bonds is 2. The van der Waals surface area contributed by atoms with Crippen molar-refractivity contribution in [2.24, 2.45) is 0 Å². The van der Waals surface area contributed by atoms with Gasteiger partial charge >= 0.3 is 0 Å². The molecule has 0 aliphatic carbocycles. The van der Waals surface area contributed by atoms with Crippen molar-refractivity contribution in [3.8, 4) is 17.2 Å². The Morgan fingerprint density at radius 1 is 1.14 bits per heavy atom. The summed E-state index contributed by atoms with van der Waals surface area (Å²) in [5.74, 6) is 0.658. The predicted molar refractivity (Wildman–Crippen MR) is 79.6 cm³/mol. The fraction of sp³-hybridized carbons (Fsp3) is 0.312. The maximum atomic E-state index is 9.70. The molecule has 1 saturated heterocycles. The Bertz CT molecular complexity index is 645. The molecule has 0 bridgehead atoms. The van der Waals surface area contributed by atoms with Gasteiger partial charge in [-0.15, -0.1) is 0 Å². The van der Waals surface area contributed by atoms with Crippen LogP contribution < -0.4 is 4.90 Å². The lowest BCUT2D eigenvalue weighted by Gasteiger charge is -2.29. The first-order chi connectivity index (χ1) is 10.3. The van der Waals surface area contributed by atoms with Crippen molar-refractivity contribution in [3.63, 3.8) is 0 Å². The first-order valence-electron chi connectivity index (χ1n) is 7.02. The molecule has 5 nitrogen and oxygen atoms in total. The summed E-state index contributed by atoms with van der Waals surface area (Å²) in [7, 11) is 0. The minimum absolute atomic E-state index is 0.291. The highest BCUT2D eigenvalue weighted by atomic mass is 16.3. The molecule has 1 fully saturated rings. The first kappa shape index (κ1) is 13.5. The molecular formula is C16H16N4O. The van der Waals surface area contributed by atoms with Gasteiger partial charge < -0.3 is 10.0 Å². The molecule has 106 valence electrons. The van der Waals surface area contributed by atoms with E-state index in [0.717, 1.165) is 30.5 Å². The molecule has 1 N–H and O–H groups in total. The first-order valence-corrected chi connectivity index (χ1v) is 7.02. The molecule has 0 radical (unpaired) electrons. The lowest BCUT2D eigenvalue weighted by atomic mass is 10.1. The number of nitrogens with zero attached hydrogens (tertiary/aromatic N) is 4. The number of hydrogen-bond acceptors (Lipinski definition) is 5. The van der Waals surface area contributed by atoms with Gasteiger partial charge in [-0.3, -0.25) is 0 Å². The Hall–Kier alpha value is -2.45. The second kappa shape index (κ2) is 5.90. The van der Waals surface area contributed by atoms with Crippen LogP contribution in [0, 0.1) is 11.3 Å². The molecule has 3 rings (SSSR count). The topological polar surface area (TPSA) is 73.0 Å². The molecule has 1 atom stereocenters. The molecule has 1 aliphatic heterocycles. The van der Waals surface area contributed by atoms with Crippen LogP contribution in [-0.2, 0) is 0 Å². The molecule has 1 aliphatic rings. The van der Waals surface area contributed by atoms with Crippen LogP contribution in [0.1, 0.15) is 18.4 Å². The van der Waals surface area contributed by atoms with Gasteiger partial charge in [0.1, 0.15) is 0 Å². The Labute approximate surface area is 123 Å². The van der Waals surface area contributed by atoms with E-state index < -0.39 is 0 Å². The average molecular weight is 280 g/mol. The van der Waals surface area contributed by atoms with Gasteiger partial charge in [-0.2, -0.15) is 5.26 Å². The van der Waals surface area contributed by atoms with Gasteiger partial charge in [0.2, 0.25) is 5.95 Å². The zero-order valence-electron chi connectivity index (χ0n) is 11.6. The van der Waals surface area contributed by atoms with E-state index in [1.165, 1.54) is 0 Å². The van der Waals surface area contributed by atoms with Gasteiger partial charge in [0.05, 0.1) is 17.7 Å². The number of anilines is 1. The molecule has 5 heteroatoms. The number of β-amino-alcohol motifs (C(OH)–C–C–N with tert-alkyl or cyclic N) is 1. The van der Waals surface area contributed by atoms with E-state index in [1.54, 1.807) is 24.5 Å². The molecule has 0 amide bonds. The number of nitriles is 1. The second-order valence-electron chi connectivity index (χ2n) is 5.20. The van der Waals surface area contributed by atoms with Crippen LogP contribution in [-0.4, -0.2) is 34.3 Å². The van der Waals surface area contributed by atoms with Gasteiger partial charge in [0, 0.05) is 31.0 Å². The highest BCUT2D eigenvalue weighted by Gasteiger charge is 2.19. The molecule has 1 aromatic carbocycles. The number of aliphatic hydroxyl groups excluding tert-OH is 1. The summed E-state index contributed by atoms with van der Waals surface area (Å²) in [6.45, 7) is 1.48. The van der Waals surface area contributed by atoms with E-state index in [1.807, 2.05) is 17.0 Å².